The molecule has 0 spiro atoms. The highest BCUT2D eigenvalue weighted by Gasteiger charge is 1.74. The Bertz CT molecular complexity index is 181. The van der Waals surface area contributed by atoms with Gasteiger partial charge in [-0.05, 0) is 12.1 Å². The van der Waals surface area contributed by atoms with E-state index >= 15 is 0 Å². The van der Waals surface area contributed by atoms with Crippen molar-refractivity contribution in [2.45, 2.75) is 0 Å². The van der Waals surface area contributed by atoms with Gasteiger partial charge in [-0.15, -0.1) is 0 Å². The van der Waals surface area contributed by atoms with Gasteiger partial charge in [0.05, 0.1) is 0 Å². The van der Waals surface area contributed by atoms with E-state index in [1.807, 2.05) is 6.07 Å². The van der Waals surface area contributed by atoms with Crippen molar-refractivity contribution < 1.29 is 13.3 Å². The summed E-state index contributed by atoms with van der Waals surface area (Å²) in [7, 11) is 1.27. The highest BCUT2D eigenvalue weighted by Crippen LogP contribution is 2.02. The molecule has 0 fully saturated rings. The molecule has 0 aromatic heterocycles. The molecule has 1 aromatic rings. The first kappa shape index (κ1) is 11.6. The van der Waals surface area contributed by atoms with Gasteiger partial charge in [0.1, 0.15) is 26.7 Å². The molecule has 0 aliphatic carbocycles. The third-order valence-corrected chi connectivity index (χ3v) is 2.88. The van der Waals surface area contributed by atoms with E-state index < -0.39 is 10.0 Å². The van der Waals surface area contributed by atoms with Gasteiger partial charge < -0.3 is 13.3 Å². The van der Waals surface area contributed by atoms with Crippen LogP contribution in [0.25, 0.3) is 0 Å². The first-order valence-electron chi connectivity index (χ1n) is 3.53. The first-order chi connectivity index (χ1) is 5.81. The topological polar surface area (TPSA) is 38.7 Å². The summed E-state index contributed by atoms with van der Waals surface area (Å²) in [6.07, 6.45) is 0. The van der Waals surface area contributed by atoms with Crippen molar-refractivity contribution in [1.29, 1.82) is 0 Å². The molecule has 0 amide bonds. The van der Waals surface area contributed by atoms with Crippen molar-refractivity contribution in [2.24, 2.45) is 0 Å². The average Bonchev–Trinajstić information content (AvgIpc) is 2.08. The number of hydrogen-bond donors (Lipinski definition) is 1. The van der Waals surface area contributed by atoms with Gasteiger partial charge in [-0.3, -0.25) is 0 Å². The van der Waals surface area contributed by atoms with Crippen molar-refractivity contribution in [3.63, 3.8) is 0 Å². The second-order valence-electron chi connectivity index (χ2n) is 2.03. The Kier molecular flexibility index (Phi) is 8.39. The van der Waals surface area contributed by atoms with Crippen LogP contribution in [-0.2, 0) is 8.23 Å². The number of para-hydroxylation sites is 1. The lowest BCUT2D eigenvalue weighted by molar-refractivity contribution is 0.475. The Morgan fingerprint density at radius 1 is 1.08 bits per heavy atom. The molecule has 0 aliphatic rings. The van der Waals surface area contributed by atoms with Crippen LogP contribution in [0.3, 0.4) is 0 Å². The molecule has 1 aromatic carbocycles. The number of phenolic OH excluding ortho intramolecular Hbond substituents is 1. The smallest absolute Gasteiger partial charge is 0.282 e. The van der Waals surface area contributed by atoms with Crippen LogP contribution in [0.1, 0.15) is 0 Å². The van der Waals surface area contributed by atoms with Gasteiger partial charge >= 0.3 is 0 Å². The lowest BCUT2D eigenvalue weighted by atomic mass is 10.3. The summed E-state index contributed by atoms with van der Waals surface area (Å²) >= 11 is 0. The van der Waals surface area contributed by atoms with Crippen LogP contribution in [0.15, 0.2) is 30.3 Å². The summed E-state index contributed by atoms with van der Waals surface area (Å²) in [5.74, 6) is 0.322. The van der Waals surface area contributed by atoms with Crippen molar-refractivity contribution in [3.8, 4) is 5.75 Å². The number of aromatic hydroxyl groups is 1. The van der Waals surface area contributed by atoms with Gasteiger partial charge in [-0.1, -0.05) is 18.2 Å². The number of phenols is 1. The van der Waals surface area contributed by atoms with Gasteiger partial charge in [0, 0.05) is 0 Å². The monoisotopic (exact) mass is 218 g/mol. The van der Waals surface area contributed by atoms with E-state index in [1.165, 1.54) is 0 Å². The zero-order valence-corrected chi connectivity index (χ0v) is 12.8. The fraction of sp³-hybridized carbons (Fsp3) is 0. The number of benzene rings is 1. The van der Waals surface area contributed by atoms with Crippen LogP contribution in [0.5, 0.6) is 5.75 Å². The van der Waals surface area contributed by atoms with E-state index in [9.17, 15) is 0 Å². The van der Waals surface area contributed by atoms with E-state index in [-0.39, 0.29) is 0 Å². The summed E-state index contributed by atoms with van der Waals surface area (Å²) in [6.45, 7) is 0. The van der Waals surface area contributed by atoms with E-state index in [1.54, 1.807) is 24.3 Å². The van der Waals surface area contributed by atoms with E-state index in [0.29, 0.717) is 5.75 Å². The van der Waals surface area contributed by atoms with Crippen molar-refractivity contribution in [3.05, 3.63) is 30.3 Å². The van der Waals surface area contributed by atoms with Gasteiger partial charge in [0.25, 0.3) is 10.0 Å². The van der Waals surface area contributed by atoms with Gasteiger partial charge in [0.2, 0.25) is 0 Å². The predicted molar refractivity (Wildman–Crippen MR) is 58.7 cm³/mol. The zero-order chi connectivity index (χ0) is 9.23. The Labute approximate surface area is 80.9 Å². The van der Waals surface area contributed by atoms with Crippen LogP contribution in [0.2, 0.25) is 0 Å². The standard InChI is InChI=1S/C6H6O.H8O2Si3/c7-6-4-2-1-3-5-6;3-1-5-2-4/h1-5,7H;5H2,3-4H3. The molecule has 0 saturated carbocycles. The lowest BCUT2D eigenvalue weighted by Gasteiger charge is -1.87. The molecule has 68 valence electrons. The Morgan fingerprint density at radius 2 is 1.58 bits per heavy atom. The Morgan fingerprint density at radius 3 is 1.75 bits per heavy atom. The summed E-state index contributed by atoms with van der Waals surface area (Å²) < 4.78 is 9.56. The Balaban J connectivity index is 0.000000217. The van der Waals surface area contributed by atoms with Gasteiger partial charge in [-0.25, -0.2) is 0 Å². The highest BCUT2D eigenvalue weighted by atomic mass is 28.3. The minimum atomic E-state index is -0.444. The normalized spacial score (nSPS) is 10.0. The molecular formula is C6H14O3Si3. The van der Waals surface area contributed by atoms with Crippen LogP contribution >= 0.6 is 0 Å². The molecule has 0 radical (unpaired) electrons. The lowest BCUT2D eigenvalue weighted by Crippen LogP contribution is -1.96. The van der Waals surface area contributed by atoms with Crippen LogP contribution in [0.4, 0.5) is 0 Å². The molecule has 1 N–H and O–H groups in total. The summed E-state index contributed by atoms with van der Waals surface area (Å²) in [5.41, 5.74) is 0. The number of hydrogen-bond acceptors (Lipinski definition) is 3. The molecule has 0 heterocycles. The molecule has 3 nitrogen and oxygen atoms in total. The highest BCUT2D eigenvalue weighted by molar-refractivity contribution is 6.33. The Hall–Kier alpha value is -0.409. The maximum Gasteiger partial charge on any atom is 0.282 e. The molecular weight excluding hydrogens is 204 g/mol. The molecule has 6 heteroatoms. The largest absolute Gasteiger partial charge is 0.508 e. The van der Waals surface area contributed by atoms with E-state index in [4.69, 9.17) is 13.3 Å². The molecule has 0 bridgehead atoms. The van der Waals surface area contributed by atoms with Crippen LogP contribution in [0, 0.1) is 0 Å². The molecule has 0 aliphatic heterocycles. The fourth-order valence-electron chi connectivity index (χ4n) is 0.546. The minimum absolute atomic E-state index is 0.322. The van der Waals surface area contributed by atoms with Gasteiger partial charge in [0.15, 0.2) is 0 Å². The predicted octanol–water partition coefficient (Wildman–Crippen LogP) is -2.03. The van der Waals surface area contributed by atoms with Crippen molar-refractivity contribution in [1.82, 2.24) is 0 Å². The molecule has 0 atom stereocenters. The summed E-state index contributed by atoms with van der Waals surface area (Å²) in [6, 6.07) is 8.71. The molecule has 12 heavy (non-hydrogen) atoms. The van der Waals surface area contributed by atoms with Crippen LogP contribution < -0.4 is 0 Å². The quantitative estimate of drug-likeness (QED) is 0.582. The average molecular weight is 218 g/mol. The minimum Gasteiger partial charge on any atom is -0.508 e. The fourth-order valence-corrected chi connectivity index (χ4v) is 3.61. The third-order valence-electron chi connectivity index (χ3n) is 0.992. The molecule has 1 rings (SSSR count). The first-order valence-corrected chi connectivity index (χ1v) is 6.32. The van der Waals surface area contributed by atoms with E-state index in [0.717, 1.165) is 21.0 Å². The number of rotatable bonds is 2. The van der Waals surface area contributed by atoms with E-state index in [2.05, 4.69) is 0 Å². The maximum atomic E-state index is 8.63. The third kappa shape index (κ3) is 7.69. The second kappa shape index (κ2) is 8.69. The second-order valence-corrected chi connectivity index (χ2v) is 6.89. The van der Waals surface area contributed by atoms with Crippen molar-refractivity contribution >= 4 is 31.0 Å². The summed E-state index contributed by atoms with van der Waals surface area (Å²) in [5, 5.41) is 8.63. The molecule has 0 saturated heterocycles. The zero-order valence-electron chi connectivity index (χ0n) is 7.36. The summed E-state index contributed by atoms with van der Waals surface area (Å²) in [4.78, 5) is 0. The van der Waals surface area contributed by atoms with Crippen LogP contribution in [-0.4, -0.2) is 36.1 Å². The van der Waals surface area contributed by atoms with Crippen molar-refractivity contribution in [2.75, 3.05) is 0 Å². The SMILES string of the molecule is Oc1ccccc1.[SiH3]O[SiH2]O[SiH3]. The molecule has 0 unspecified atom stereocenters. The maximum absolute atomic E-state index is 8.63. The van der Waals surface area contributed by atoms with Gasteiger partial charge in [-0.2, -0.15) is 0 Å².